The van der Waals surface area contributed by atoms with Gasteiger partial charge in [-0.05, 0) is 20.8 Å². The first-order chi connectivity index (χ1) is 10.3. The number of anilines is 1. The Balaban J connectivity index is 1.96. The van der Waals surface area contributed by atoms with Gasteiger partial charge in [0.1, 0.15) is 17.5 Å². The van der Waals surface area contributed by atoms with Crippen molar-refractivity contribution in [2.45, 2.75) is 26.4 Å². The lowest BCUT2D eigenvalue weighted by Crippen LogP contribution is -2.50. The SMILES string of the molecule is CC(C)(C)OC(=O)N1CCN(c2cc(Cl)c(C#N)cn2)CC1. The number of halogens is 1. The zero-order valence-corrected chi connectivity index (χ0v) is 13.7. The molecule has 1 aliphatic rings. The first-order valence-corrected chi connectivity index (χ1v) is 7.46. The molecule has 0 radical (unpaired) electrons. The quantitative estimate of drug-likeness (QED) is 0.795. The van der Waals surface area contributed by atoms with Gasteiger partial charge < -0.3 is 14.5 Å². The molecule has 0 aromatic carbocycles. The monoisotopic (exact) mass is 322 g/mol. The lowest BCUT2D eigenvalue weighted by atomic mass is 10.2. The Kier molecular flexibility index (Phi) is 4.77. The zero-order valence-electron chi connectivity index (χ0n) is 13.0. The molecule has 6 nitrogen and oxygen atoms in total. The Morgan fingerprint density at radius 3 is 2.50 bits per heavy atom. The van der Waals surface area contributed by atoms with E-state index in [0.29, 0.717) is 42.6 Å². The Hall–Kier alpha value is -2.00. The molecule has 0 saturated carbocycles. The first kappa shape index (κ1) is 16.4. The zero-order chi connectivity index (χ0) is 16.3. The fourth-order valence-electron chi connectivity index (χ4n) is 2.12. The molecule has 0 spiro atoms. The van der Waals surface area contributed by atoms with E-state index in [-0.39, 0.29) is 6.09 Å². The predicted octanol–water partition coefficient (Wildman–Crippen LogP) is 2.66. The van der Waals surface area contributed by atoms with Gasteiger partial charge in [-0.1, -0.05) is 11.6 Å². The highest BCUT2D eigenvalue weighted by atomic mass is 35.5. The molecule has 2 rings (SSSR count). The molecule has 0 N–H and O–H groups in total. The molecule has 1 aromatic rings. The summed E-state index contributed by atoms with van der Waals surface area (Å²) in [6.07, 6.45) is 1.18. The molecule has 1 fully saturated rings. The highest BCUT2D eigenvalue weighted by Crippen LogP contribution is 2.22. The molecule has 22 heavy (non-hydrogen) atoms. The average Bonchev–Trinajstić information content (AvgIpc) is 2.45. The largest absolute Gasteiger partial charge is 0.444 e. The van der Waals surface area contributed by atoms with Crippen LogP contribution in [0.1, 0.15) is 26.3 Å². The van der Waals surface area contributed by atoms with Crippen LogP contribution in [-0.4, -0.2) is 47.8 Å². The number of carbonyl (C=O) groups is 1. The molecule has 7 heteroatoms. The molecule has 0 aliphatic carbocycles. The number of pyridine rings is 1. The number of hydrogen-bond acceptors (Lipinski definition) is 5. The van der Waals surface area contributed by atoms with Gasteiger partial charge in [0.05, 0.1) is 10.6 Å². The summed E-state index contributed by atoms with van der Waals surface area (Å²) in [7, 11) is 0. The van der Waals surface area contributed by atoms with Crippen molar-refractivity contribution >= 4 is 23.5 Å². The average molecular weight is 323 g/mol. The number of carbonyl (C=O) groups excluding carboxylic acids is 1. The van der Waals surface area contributed by atoms with Crippen LogP contribution in [0.5, 0.6) is 0 Å². The van der Waals surface area contributed by atoms with Gasteiger partial charge >= 0.3 is 6.09 Å². The first-order valence-electron chi connectivity index (χ1n) is 7.08. The second-order valence-corrected chi connectivity index (χ2v) is 6.50. The van der Waals surface area contributed by atoms with E-state index in [1.54, 1.807) is 11.0 Å². The van der Waals surface area contributed by atoms with Crippen molar-refractivity contribution in [3.63, 3.8) is 0 Å². The van der Waals surface area contributed by atoms with Crippen LogP contribution in [0.4, 0.5) is 10.6 Å². The van der Waals surface area contributed by atoms with Crippen LogP contribution in [0.3, 0.4) is 0 Å². The summed E-state index contributed by atoms with van der Waals surface area (Å²) >= 11 is 6.03. The van der Waals surface area contributed by atoms with Gasteiger partial charge in [-0.3, -0.25) is 0 Å². The minimum atomic E-state index is -0.490. The van der Waals surface area contributed by atoms with E-state index in [0.717, 1.165) is 0 Å². The van der Waals surface area contributed by atoms with E-state index in [2.05, 4.69) is 4.98 Å². The summed E-state index contributed by atoms with van der Waals surface area (Å²) in [6.45, 7) is 7.98. The van der Waals surface area contributed by atoms with Gasteiger partial charge in [0, 0.05) is 38.4 Å². The number of aromatic nitrogens is 1. The molecule has 1 amide bonds. The second kappa shape index (κ2) is 6.41. The van der Waals surface area contributed by atoms with Crippen molar-refractivity contribution in [2.75, 3.05) is 31.1 Å². The Morgan fingerprint density at radius 1 is 1.36 bits per heavy atom. The van der Waals surface area contributed by atoms with Gasteiger partial charge in [-0.25, -0.2) is 9.78 Å². The van der Waals surface area contributed by atoms with Crippen LogP contribution in [0.15, 0.2) is 12.3 Å². The third-order valence-electron chi connectivity index (χ3n) is 3.21. The molecule has 118 valence electrons. The van der Waals surface area contributed by atoms with E-state index >= 15 is 0 Å². The minimum Gasteiger partial charge on any atom is -0.444 e. The van der Waals surface area contributed by atoms with Crippen LogP contribution >= 0.6 is 11.6 Å². The second-order valence-electron chi connectivity index (χ2n) is 6.09. The molecule has 0 atom stereocenters. The fraction of sp³-hybridized carbons (Fsp3) is 0.533. The van der Waals surface area contributed by atoms with Crippen LogP contribution in [0, 0.1) is 11.3 Å². The van der Waals surface area contributed by atoms with Crippen molar-refractivity contribution < 1.29 is 9.53 Å². The number of amides is 1. The van der Waals surface area contributed by atoms with Gasteiger partial charge in [0.2, 0.25) is 0 Å². The van der Waals surface area contributed by atoms with E-state index in [4.69, 9.17) is 21.6 Å². The number of nitrogens with zero attached hydrogens (tertiary/aromatic N) is 4. The van der Waals surface area contributed by atoms with Crippen LogP contribution in [-0.2, 0) is 4.74 Å². The van der Waals surface area contributed by atoms with Crippen molar-refractivity contribution in [3.8, 4) is 6.07 Å². The topological polar surface area (TPSA) is 69.5 Å². The van der Waals surface area contributed by atoms with Gasteiger partial charge in [0.25, 0.3) is 0 Å². The molecule has 1 saturated heterocycles. The molecular weight excluding hydrogens is 304 g/mol. The minimum absolute atomic E-state index is 0.294. The molecule has 0 bridgehead atoms. The van der Waals surface area contributed by atoms with Crippen LogP contribution in [0.2, 0.25) is 5.02 Å². The summed E-state index contributed by atoms with van der Waals surface area (Å²) in [4.78, 5) is 20.0. The van der Waals surface area contributed by atoms with Gasteiger partial charge in [-0.15, -0.1) is 0 Å². The highest BCUT2D eigenvalue weighted by molar-refractivity contribution is 6.31. The number of rotatable bonds is 1. The number of hydrogen-bond donors (Lipinski definition) is 0. The Bertz CT molecular complexity index is 599. The van der Waals surface area contributed by atoms with E-state index in [1.165, 1.54) is 6.20 Å². The summed E-state index contributed by atoms with van der Waals surface area (Å²) in [5.74, 6) is 0.716. The maximum absolute atomic E-state index is 12.0. The third kappa shape index (κ3) is 4.01. The number of piperazine rings is 1. The molecule has 1 aliphatic heterocycles. The summed E-state index contributed by atoms with van der Waals surface area (Å²) in [5.41, 5.74) is -0.131. The summed E-state index contributed by atoms with van der Waals surface area (Å²) < 4.78 is 5.36. The van der Waals surface area contributed by atoms with E-state index in [1.807, 2.05) is 31.7 Å². The standard InChI is InChI=1S/C15H19ClN4O2/c1-15(2,3)22-14(21)20-6-4-19(5-7-20)13-8-12(16)11(9-17)10-18-13/h8,10H,4-7H2,1-3H3. The van der Waals surface area contributed by atoms with E-state index < -0.39 is 5.60 Å². The fourth-order valence-corrected chi connectivity index (χ4v) is 2.31. The normalized spacial score (nSPS) is 15.4. The molecule has 1 aromatic heterocycles. The lowest BCUT2D eigenvalue weighted by molar-refractivity contribution is 0.0240. The molecule has 0 unspecified atom stereocenters. The molecular formula is C15H19ClN4O2. The van der Waals surface area contributed by atoms with Crippen molar-refractivity contribution in [1.82, 2.24) is 9.88 Å². The Morgan fingerprint density at radius 2 is 2.00 bits per heavy atom. The van der Waals surface area contributed by atoms with Gasteiger partial charge in [0.15, 0.2) is 0 Å². The summed E-state index contributed by atoms with van der Waals surface area (Å²) in [5, 5.41) is 9.25. The Labute approximate surface area is 135 Å². The van der Waals surface area contributed by atoms with Gasteiger partial charge in [-0.2, -0.15) is 5.26 Å². The summed E-state index contributed by atoms with van der Waals surface area (Å²) in [6, 6.07) is 3.67. The van der Waals surface area contributed by atoms with E-state index in [9.17, 15) is 4.79 Å². The molecule has 2 heterocycles. The van der Waals surface area contributed by atoms with Crippen molar-refractivity contribution in [2.24, 2.45) is 0 Å². The number of ether oxygens (including phenoxy) is 1. The maximum Gasteiger partial charge on any atom is 0.410 e. The van der Waals surface area contributed by atoms with Crippen LogP contribution < -0.4 is 4.90 Å². The highest BCUT2D eigenvalue weighted by Gasteiger charge is 2.26. The van der Waals surface area contributed by atoms with Crippen LogP contribution in [0.25, 0.3) is 0 Å². The van der Waals surface area contributed by atoms with Crippen molar-refractivity contribution in [1.29, 1.82) is 5.26 Å². The number of nitriles is 1. The maximum atomic E-state index is 12.0. The smallest absolute Gasteiger partial charge is 0.410 e. The third-order valence-corrected chi connectivity index (χ3v) is 3.53. The van der Waals surface area contributed by atoms with Crippen molar-refractivity contribution in [3.05, 3.63) is 22.8 Å². The predicted molar refractivity (Wildman–Crippen MR) is 84.0 cm³/mol. The lowest BCUT2D eigenvalue weighted by Gasteiger charge is -2.36.